The minimum atomic E-state index is -0.0781. The van der Waals surface area contributed by atoms with E-state index in [1.807, 2.05) is 18.7 Å². The van der Waals surface area contributed by atoms with E-state index in [2.05, 4.69) is 10.4 Å². The predicted molar refractivity (Wildman–Crippen MR) is 86.7 cm³/mol. The van der Waals surface area contributed by atoms with Crippen LogP contribution in [0.4, 0.5) is 4.79 Å². The Kier molecular flexibility index (Phi) is 6.20. The molecule has 1 aliphatic rings. The number of nitrogens with zero attached hydrogens (tertiary/aromatic N) is 4. The van der Waals surface area contributed by atoms with Crippen molar-refractivity contribution in [2.45, 2.75) is 45.7 Å². The first-order chi connectivity index (χ1) is 11.1. The number of nitrogens with one attached hydrogen (secondary N) is 1. The van der Waals surface area contributed by atoms with Crippen molar-refractivity contribution in [1.29, 1.82) is 0 Å². The lowest BCUT2D eigenvalue weighted by atomic mass is 9.96. The lowest BCUT2D eigenvalue weighted by Gasteiger charge is -2.31. The molecule has 1 aromatic rings. The van der Waals surface area contributed by atoms with E-state index < -0.39 is 0 Å². The molecule has 0 bridgehead atoms. The highest BCUT2D eigenvalue weighted by Crippen LogP contribution is 2.26. The number of carbonyl (C=O) groups excluding carboxylic acids is 1. The molecule has 130 valence electrons. The Hall–Kier alpha value is -1.83. The Morgan fingerprint density at radius 3 is 2.61 bits per heavy atom. The maximum Gasteiger partial charge on any atom is 0.345 e. The zero-order valence-corrected chi connectivity index (χ0v) is 14.2. The molecule has 23 heavy (non-hydrogen) atoms. The fourth-order valence-electron chi connectivity index (χ4n) is 2.98. The minimum Gasteiger partial charge on any atom is -0.383 e. The number of amides is 2. The molecular weight excluding hydrogens is 298 g/mol. The van der Waals surface area contributed by atoms with Gasteiger partial charge in [-0.25, -0.2) is 14.3 Å². The van der Waals surface area contributed by atoms with Crippen molar-refractivity contribution < 1.29 is 9.53 Å². The van der Waals surface area contributed by atoms with E-state index in [0.29, 0.717) is 39.3 Å². The second-order valence-electron chi connectivity index (χ2n) is 5.70. The number of methoxy groups -OCH3 is 1. The molecule has 0 aliphatic carbocycles. The van der Waals surface area contributed by atoms with Gasteiger partial charge >= 0.3 is 11.7 Å². The SMILES string of the molecule is CCNC(=O)N1CCC(c2nn(CCOC)c(=O)n2CC)CC1. The second kappa shape index (κ2) is 8.14. The number of likely N-dealkylation sites (tertiary alicyclic amines) is 1. The van der Waals surface area contributed by atoms with Gasteiger partial charge in [-0.15, -0.1) is 0 Å². The Morgan fingerprint density at radius 2 is 2.04 bits per heavy atom. The van der Waals surface area contributed by atoms with E-state index in [4.69, 9.17) is 4.74 Å². The van der Waals surface area contributed by atoms with Gasteiger partial charge in [-0.2, -0.15) is 5.10 Å². The van der Waals surface area contributed by atoms with E-state index >= 15 is 0 Å². The molecule has 0 spiro atoms. The third kappa shape index (κ3) is 3.93. The fraction of sp³-hybridized carbons (Fsp3) is 0.800. The van der Waals surface area contributed by atoms with Crippen molar-refractivity contribution in [3.63, 3.8) is 0 Å². The summed E-state index contributed by atoms with van der Waals surface area (Å²) in [5.41, 5.74) is -0.0781. The van der Waals surface area contributed by atoms with Gasteiger partial charge in [0.05, 0.1) is 13.2 Å². The van der Waals surface area contributed by atoms with Crippen LogP contribution < -0.4 is 11.0 Å². The lowest BCUT2D eigenvalue weighted by molar-refractivity contribution is 0.178. The van der Waals surface area contributed by atoms with Crippen LogP contribution in [0.3, 0.4) is 0 Å². The summed E-state index contributed by atoms with van der Waals surface area (Å²) < 4.78 is 8.26. The van der Waals surface area contributed by atoms with Crippen LogP contribution in [0, 0.1) is 0 Å². The molecule has 1 aliphatic heterocycles. The first-order valence-corrected chi connectivity index (χ1v) is 8.31. The van der Waals surface area contributed by atoms with E-state index in [1.54, 1.807) is 11.7 Å². The zero-order valence-electron chi connectivity index (χ0n) is 14.2. The van der Waals surface area contributed by atoms with Crippen LogP contribution in [-0.2, 0) is 17.8 Å². The highest BCUT2D eigenvalue weighted by atomic mass is 16.5. The van der Waals surface area contributed by atoms with E-state index in [-0.39, 0.29) is 17.6 Å². The number of piperidine rings is 1. The largest absolute Gasteiger partial charge is 0.383 e. The molecule has 1 saturated heterocycles. The number of carbonyl (C=O) groups is 1. The smallest absolute Gasteiger partial charge is 0.345 e. The van der Waals surface area contributed by atoms with Gasteiger partial charge in [0.2, 0.25) is 0 Å². The average Bonchev–Trinajstić information content (AvgIpc) is 2.89. The summed E-state index contributed by atoms with van der Waals surface area (Å²) in [6.45, 7) is 7.44. The Morgan fingerprint density at radius 1 is 1.35 bits per heavy atom. The van der Waals surface area contributed by atoms with Crippen LogP contribution in [0.1, 0.15) is 38.4 Å². The van der Waals surface area contributed by atoms with Crippen LogP contribution >= 0.6 is 0 Å². The summed E-state index contributed by atoms with van der Waals surface area (Å²) in [5, 5.41) is 7.34. The Labute approximate surface area is 136 Å². The third-order valence-electron chi connectivity index (χ3n) is 4.25. The predicted octanol–water partition coefficient (Wildman–Crippen LogP) is 0.620. The van der Waals surface area contributed by atoms with Crippen molar-refractivity contribution in [1.82, 2.24) is 24.6 Å². The van der Waals surface area contributed by atoms with Crippen LogP contribution in [-0.4, -0.2) is 58.6 Å². The summed E-state index contributed by atoms with van der Waals surface area (Å²) >= 11 is 0. The molecule has 0 atom stereocenters. The van der Waals surface area contributed by atoms with Crippen LogP contribution in [0.15, 0.2) is 4.79 Å². The summed E-state index contributed by atoms with van der Waals surface area (Å²) in [6, 6.07) is -0.00976. The molecule has 2 rings (SSSR count). The van der Waals surface area contributed by atoms with Crippen molar-refractivity contribution in [2.24, 2.45) is 0 Å². The standard InChI is InChI=1S/C15H27N5O3/c1-4-16-14(21)18-8-6-12(7-9-18)13-17-20(10-11-23-3)15(22)19(13)5-2/h12H,4-11H2,1-3H3,(H,16,21). The second-order valence-corrected chi connectivity index (χ2v) is 5.70. The van der Waals surface area contributed by atoms with E-state index in [0.717, 1.165) is 18.7 Å². The monoisotopic (exact) mass is 325 g/mol. The molecule has 0 aromatic carbocycles. The highest BCUT2D eigenvalue weighted by Gasteiger charge is 2.28. The Bertz CT molecular complexity index is 572. The quantitative estimate of drug-likeness (QED) is 0.831. The van der Waals surface area contributed by atoms with Gasteiger partial charge in [-0.3, -0.25) is 4.57 Å². The van der Waals surface area contributed by atoms with Gasteiger partial charge in [0.25, 0.3) is 0 Å². The van der Waals surface area contributed by atoms with Gasteiger partial charge in [-0.05, 0) is 26.7 Å². The maximum atomic E-state index is 12.4. The summed E-state index contributed by atoms with van der Waals surface area (Å²) in [4.78, 5) is 26.1. The third-order valence-corrected chi connectivity index (χ3v) is 4.25. The summed E-state index contributed by atoms with van der Waals surface area (Å²) in [7, 11) is 1.61. The van der Waals surface area contributed by atoms with Crippen molar-refractivity contribution in [3.05, 3.63) is 16.3 Å². The van der Waals surface area contributed by atoms with Crippen LogP contribution in [0.2, 0.25) is 0 Å². The van der Waals surface area contributed by atoms with Gasteiger partial charge in [-0.1, -0.05) is 0 Å². The molecule has 8 heteroatoms. The molecule has 1 aromatic heterocycles. The summed E-state index contributed by atoms with van der Waals surface area (Å²) in [6.07, 6.45) is 1.66. The van der Waals surface area contributed by atoms with Crippen molar-refractivity contribution >= 4 is 6.03 Å². The molecule has 2 amide bonds. The molecule has 2 heterocycles. The van der Waals surface area contributed by atoms with Crippen LogP contribution in [0.25, 0.3) is 0 Å². The maximum absolute atomic E-state index is 12.4. The number of hydrogen-bond donors (Lipinski definition) is 1. The van der Waals surface area contributed by atoms with Crippen molar-refractivity contribution in [2.75, 3.05) is 33.4 Å². The number of rotatable bonds is 6. The van der Waals surface area contributed by atoms with Gasteiger partial charge in [0, 0.05) is 39.2 Å². The van der Waals surface area contributed by atoms with E-state index in [9.17, 15) is 9.59 Å². The first-order valence-electron chi connectivity index (χ1n) is 8.31. The zero-order chi connectivity index (χ0) is 16.8. The lowest BCUT2D eigenvalue weighted by Crippen LogP contribution is -2.44. The average molecular weight is 325 g/mol. The Balaban J connectivity index is 2.08. The van der Waals surface area contributed by atoms with Gasteiger partial charge in [0.1, 0.15) is 5.82 Å². The topological polar surface area (TPSA) is 81.4 Å². The molecule has 0 radical (unpaired) electrons. The minimum absolute atomic E-state index is 0.00976. The molecular formula is C15H27N5O3. The molecule has 1 fully saturated rings. The van der Waals surface area contributed by atoms with Crippen molar-refractivity contribution in [3.8, 4) is 0 Å². The molecule has 8 nitrogen and oxygen atoms in total. The van der Waals surface area contributed by atoms with Gasteiger partial charge in [0.15, 0.2) is 0 Å². The normalized spacial score (nSPS) is 15.9. The van der Waals surface area contributed by atoms with Crippen LogP contribution in [0.5, 0.6) is 0 Å². The first kappa shape index (κ1) is 17.5. The highest BCUT2D eigenvalue weighted by molar-refractivity contribution is 5.74. The molecule has 0 unspecified atom stereocenters. The number of aromatic nitrogens is 3. The van der Waals surface area contributed by atoms with E-state index in [1.165, 1.54) is 4.68 Å². The van der Waals surface area contributed by atoms with Gasteiger partial charge < -0.3 is 15.0 Å². The fourth-order valence-corrected chi connectivity index (χ4v) is 2.98. The molecule has 1 N–H and O–H groups in total. The summed E-state index contributed by atoms with van der Waals surface area (Å²) in [5.74, 6) is 1.06. The molecule has 0 saturated carbocycles. The number of ether oxygens (including phenoxy) is 1. The number of hydrogen-bond acceptors (Lipinski definition) is 4. The number of urea groups is 1.